The van der Waals surface area contributed by atoms with Crippen molar-refractivity contribution in [1.29, 1.82) is 0 Å². The molecule has 0 saturated heterocycles. The molecule has 0 aliphatic carbocycles. The number of nitrogens with zero attached hydrogens (tertiary/aromatic N) is 2. The molecule has 6 amide bonds. The Labute approximate surface area is 335 Å². The molecule has 7 atom stereocenters. The molecule has 0 radical (unpaired) electrons. The summed E-state index contributed by atoms with van der Waals surface area (Å²) in [6.45, 7) is 4.83. The molecule has 58 heavy (non-hydrogen) atoms. The van der Waals surface area contributed by atoms with E-state index in [9.17, 15) is 58.8 Å². The van der Waals surface area contributed by atoms with Crippen LogP contribution in [0.2, 0.25) is 0 Å². The third-order valence-corrected chi connectivity index (χ3v) is 8.09. The van der Waals surface area contributed by atoms with Crippen molar-refractivity contribution in [2.24, 2.45) is 50.5 Å². The number of amides is 6. The highest BCUT2D eigenvalue weighted by Crippen LogP contribution is 2.10. The van der Waals surface area contributed by atoms with Gasteiger partial charge < -0.3 is 81.0 Å². The second kappa shape index (κ2) is 26.9. The fourth-order valence-corrected chi connectivity index (χ4v) is 5.03. The van der Waals surface area contributed by atoms with Gasteiger partial charge in [0.1, 0.15) is 36.3 Å². The Bertz CT molecular complexity index is 1470. The number of nitrogens with one attached hydrogen (secondary N) is 6. The van der Waals surface area contributed by atoms with Crippen LogP contribution in [0, 0.1) is 11.8 Å². The van der Waals surface area contributed by atoms with Crippen molar-refractivity contribution in [3.8, 4) is 0 Å². The molecule has 25 nitrogen and oxygen atoms in total. The maximum absolute atomic E-state index is 13.5. The van der Waals surface area contributed by atoms with E-state index in [0.717, 1.165) is 0 Å². The number of carboxylic acid groups (broad SMARTS) is 2. The minimum absolute atomic E-state index is 0.00939. The molecule has 0 heterocycles. The molecule has 0 aromatic heterocycles. The van der Waals surface area contributed by atoms with Crippen LogP contribution in [0.3, 0.4) is 0 Å². The van der Waals surface area contributed by atoms with E-state index in [2.05, 4.69) is 41.9 Å². The number of hydrogen-bond donors (Lipinski definition) is 15. The zero-order valence-electron chi connectivity index (χ0n) is 33.1. The third-order valence-electron chi connectivity index (χ3n) is 8.09. The van der Waals surface area contributed by atoms with Gasteiger partial charge in [-0.15, -0.1) is 0 Å². The van der Waals surface area contributed by atoms with Crippen molar-refractivity contribution in [2.45, 2.75) is 109 Å². The highest BCUT2D eigenvalue weighted by atomic mass is 16.4. The zero-order chi connectivity index (χ0) is 44.7. The van der Waals surface area contributed by atoms with Gasteiger partial charge in [-0.05, 0) is 43.9 Å². The fourth-order valence-electron chi connectivity index (χ4n) is 5.03. The van der Waals surface area contributed by atoms with E-state index in [1.54, 1.807) is 27.7 Å². The van der Waals surface area contributed by atoms with E-state index in [0.29, 0.717) is 6.42 Å². The number of carbonyl (C=O) groups is 8. The van der Waals surface area contributed by atoms with Crippen molar-refractivity contribution >= 4 is 59.3 Å². The normalized spacial score (nSPS) is 14.6. The Morgan fingerprint density at radius 2 is 0.966 bits per heavy atom. The monoisotopic (exact) mass is 831 g/mol. The highest BCUT2D eigenvalue weighted by Gasteiger charge is 2.35. The van der Waals surface area contributed by atoms with Crippen LogP contribution in [0.25, 0.3) is 0 Å². The fraction of sp³-hybridized carbons (Fsp3) is 0.697. The lowest BCUT2D eigenvalue weighted by atomic mass is 9.99. The standard InChI is InChI=1S/C33H61N13O12/c1-15(2)11-19(27(53)46-24(16(3)4)30(56)41-18(31(57)58)8-6-10-40-33(37)38)42-29(55)22(14-48)45-26(52)20(12-23(49)50)43-28(54)21(13-47)44-25(51)17(34)7-5-9-39-32(35)36/h15-22,24,47-48H,5-14,34H2,1-4H3,(H,41,56)(H,42,55)(H,43,54)(H,44,51)(H,45,52)(H,46,53)(H,49,50)(H,57,58)(H4,35,36,39)(H4,37,38,40)/t17-,18-,19-,20-,21-,22-,24-/m0/s1. The average Bonchev–Trinajstić information content (AvgIpc) is 3.12. The van der Waals surface area contributed by atoms with Crippen molar-refractivity contribution in [3.05, 3.63) is 0 Å². The molecule has 0 rings (SSSR count). The molecular formula is C33H61N13O12. The van der Waals surface area contributed by atoms with Gasteiger partial charge in [-0.25, -0.2) is 4.79 Å². The lowest BCUT2D eigenvalue weighted by molar-refractivity contribution is -0.143. The summed E-state index contributed by atoms with van der Waals surface area (Å²) in [4.78, 5) is 110. The third kappa shape index (κ3) is 20.9. The van der Waals surface area contributed by atoms with Crippen LogP contribution in [0.1, 0.15) is 66.2 Å². The number of guanidine groups is 2. The number of aliphatic imine (C=N–C) groups is 2. The lowest BCUT2D eigenvalue weighted by Gasteiger charge is -2.28. The van der Waals surface area contributed by atoms with Gasteiger partial charge in [0.25, 0.3) is 0 Å². The van der Waals surface area contributed by atoms with Crippen molar-refractivity contribution in [3.63, 3.8) is 0 Å². The molecule has 0 unspecified atom stereocenters. The number of carboxylic acids is 2. The summed E-state index contributed by atoms with van der Waals surface area (Å²) < 4.78 is 0. The Morgan fingerprint density at radius 3 is 1.40 bits per heavy atom. The molecule has 330 valence electrons. The SMILES string of the molecule is CC(C)C[C@H](NC(=O)[C@H](CO)NC(=O)[C@H](CC(=O)O)NC(=O)[C@H](CO)NC(=O)[C@@H](N)CCCN=C(N)N)C(=O)N[C@H](C(=O)N[C@@H](CCCN=C(N)N)C(=O)O)C(C)C. The first kappa shape index (κ1) is 52.2. The Kier molecular flexibility index (Phi) is 24.2. The van der Waals surface area contributed by atoms with Gasteiger partial charge in [0.15, 0.2) is 11.9 Å². The van der Waals surface area contributed by atoms with Gasteiger partial charge in [-0.2, -0.15) is 0 Å². The molecule has 0 spiro atoms. The van der Waals surface area contributed by atoms with Crippen molar-refractivity contribution in [1.82, 2.24) is 31.9 Å². The summed E-state index contributed by atoms with van der Waals surface area (Å²) in [5.74, 6) is -10.2. The van der Waals surface area contributed by atoms with Crippen LogP contribution < -0.4 is 60.6 Å². The van der Waals surface area contributed by atoms with Crippen molar-refractivity contribution in [2.75, 3.05) is 26.3 Å². The van der Waals surface area contributed by atoms with Crippen LogP contribution in [0.5, 0.6) is 0 Å². The first-order valence-electron chi connectivity index (χ1n) is 18.4. The molecular weight excluding hydrogens is 770 g/mol. The molecule has 0 aromatic carbocycles. The van der Waals surface area contributed by atoms with Crippen LogP contribution in [-0.2, 0) is 38.4 Å². The summed E-state index contributed by atoms with van der Waals surface area (Å²) in [6.07, 6.45) is -0.495. The van der Waals surface area contributed by atoms with Gasteiger partial charge in [0.2, 0.25) is 35.4 Å². The average molecular weight is 832 g/mol. The van der Waals surface area contributed by atoms with Crippen LogP contribution in [0.15, 0.2) is 9.98 Å². The first-order valence-corrected chi connectivity index (χ1v) is 18.4. The largest absolute Gasteiger partial charge is 0.481 e. The highest BCUT2D eigenvalue weighted by molar-refractivity contribution is 5.98. The second-order valence-corrected chi connectivity index (χ2v) is 14.0. The molecule has 0 bridgehead atoms. The number of aliphatic carboxylic acids is 2. The number of aliphatic hydroxyl groups excluding tert-OH is 2. The van der Waals surface area contributed by atoms with E-state index in [-0.39, 0.29) is 56.6 Å². The molecule has 0 saturated carbocycles. The predicted molar refractivity (Wildman–Crippen MR) is 208 cm³/mol. The Morgan fingerprint density at radius 1 is 0.552 bits per heavy atom. The van der Waals surface area contributed by atoms with Crippen LogP contribution >= 0.6 is 0 Å². The molecule has 20 N–H and O–H groups in total. The summed E-state index contributed by atoms with van der Waals surface area (Å²) >= 11 is 0. The molecule has 0 aromatic rings. The van der Waals surface area contributed by atoms with E-state index >= 15 is 0 Å². The summed E-state index contributed by atoms with van der Waals surface area (Å²) in [5, 5.41) is 52.5. The van der Waals surface area contributed by atoms with E-state index in [4.69, 9.17) is 28.7 Å². The number of rotatable bonds is 28. The van der Waals surface area contributed by atoms with Gasteiger partial charge in [0, 0.05) is 13.1 Å². The molecule has 0 aliphatic heterocycles. The predicted octanol–water partition coefficient (Wildman–Crippen LogP) is -6.42. The minimum Gasteiger partial charge on any atom is -0.481 e. The van der Waals surface area contributed by atoms with Gasteiger partial charge in [-0.3, -0.25) is 43.5 Å². The minimum atomic E-state index is -1.90. The summed E-state index contributed by atoms with van der Waals surface area (Å²) in [6, 6.07) is -10.5. The van der Waals surface area contributed by atoms with E-state index in [1.165, 1.54) is 0 Å². The smallest absolute Gasteiger partial charge is 0.326 e. The molecule has 0 fully saturated rings. The Hall–Kier alpha value is -5.82. The zero-order valence-corrected chi connectivity index (χ0v) is 33.1. The van der Waals surface area contributed by atoms with Crippen LogP contribution in [0.4, 0.5) is 0 Å². The van der Waals surface area contributed by atoms with Crippen LogP contribution in [-0.4, -0.2) is 148 Å². The number of carbonyl (C=O) groups excluding carboxylic acids is 6. The molecule has 25 heteroatoms. The number of hydrogen-bond acceptors (Lipinski definition) is 13. The quantitative estimate of drug-likeness (QED) is 0.0198. The first-order chi connectivity index (χ1) is 27.0. The van der Waals surface area contributed by atoms with Gasteiger partial charge >= 0.3 is 11.9 Å². The lowest BCUT2D eigenvalue weighted by Crippen LogP contribution is -2.61. The maximum atomic E-state index is 13.5. The topological polar surface area (TPSA) is 444 Å². The van der Waals surface area contributed by atoms with E-state index < -0.39 is 115 Å². The maximum Gasteiger partial charge on any atom is 0.326 e. The van der Waals surface area contributed by atoms with Gasteiger partial charge in [0.05, 0.1) is 25.7 Å². The Balaban J connectivity index is 5.88. The van der Waals surface area contributed by atoms with Crippen molar-refractivity contribution < 1.29 is 58.8 Å². The summed E-state index contributed by atoms with van der Waals surface area (Å²) in [5.41, 5.74) is 26.9. The molecule has 0 aliphatic rings. The number of nitrogens with two attached hydrogens (primary N) is 5. The van der Waals surface area contributed by atoms with Gasteiger partial charge in [-0.1, -0.05) is 27.7 Å². The second-order valence-electron chi connectivity index (χ2n) is 14.0. The van der Waals surface area contributed by atoms with E-state index in [1.807, 2.05) is 0 Å². The summed E-state index contributed by atoms with van der Waals surface area (Å²) in [7, 11) is 0. The number of aliphatic hydroxyl groups is 2.